The summed E-state index contributed by atoms with van der Waals surface area (Å²) >= 11 is 0. The van der Waals surface area contributed by atoms with E-state index in [2.05, 4.69) is 18.4 Å². The summed E-state index contributed by atoms with van der Waals surface area (Å²) in [6.07, 6.45) is 1.89. The van der Waals surface area contributed by atoms with Crippen molar-refractivity contribution in [3.8, 4) is 17.0 Å². The van der Waals surface area contributed by atoms with E-state index in [1.54, 1.807) is 11.0 Å². The molecular formula is C32H45FN4O5. The summed E-state index contributed by atoms with van der Waals surface area (Å²) < 4.78 is 34.7. The molecule has 1 unspecified atom stereocenters. The highest BCUT2D eigenvalue weighted by Gasteiger charge is 2.49. The number of halogens is 1. The molecule has 4 heterocycles. The average Bonchev–Trinajstić information content (AvgIpc) is 3.20. The Morgan fingerprint density at radius 2 is 1.62 bits per heavy atom. The van der Waals surface area contributed by atoms with Crippen molar-refractivity contribution in [1.82, 2.24) is 19.4 Å². The van der Waals surface area contributed by atoms with Crippen molar-refractivity contribution in [2.24, 2.45) is 7.05 Å². The van der Waals surface area contributed by atoms with Crippen LogP contribution in [-0.2, 0) is 22.1 Å². The number of piperidine rings is 2. The van der Waals surface area contributed by atoms with Crippen LogP contribution in [0.4, 0.5) is 14.0 Å². The molecule has 10 heteroatoms. The molecule has 42 heavy (non-hydrogen) atoms. The van der Waals surface area contributed by atoms with E-state index in [1.165, 1.54) is 12.1 Å². The molecule has 1 aromatic heterocycles. The van der Waals surface area contributed by atoms with E-state index in [0.717, 1.165) is 23.6 Å². The molecule has 0 N–H and O–H groups in total. The van der Waals surface area contributed by atoms with E-state index in [1.807, 2.05) is 53.5 Å². The predicted molar refractivity (Wildman–Crippen MR) is 157 cm³/mol. The molecule has 2 fully saturated rings. The Morgan fingerprint density at radius 3 is 2.21 bits per heavy atom. The number of carbonyl (C=O) groups is 2. The lowest BCUT2D eigenvalue weighted by Crippen LogP contribution is -2.54. The van der Waals surface area contributed by atoms with Gasteiger partial charge in [-0.2, -0.15) is 0 Å². The fraction of sp³-hybridized carbons (Fsp3) is 0.656. The van der Waals surface area contributed by atoms with Crippen LogP contribution in [0.15, 0.2) is 18.2 Å². The summed E-state index contributed by atoms with van der Waals surface area (Å²) in [5.74, 6) is 1.22. The van der Waals surface area contributed by atoms with E-state index >= 15 is 0 Å². The van der Waals surface area contributed by atoms with Gasteiger partial charge < -0.3 is 28.6 Å². The van der Waals surface area contributed by atoms with Gasteiger partial charge in [0.25, 0.3) is 0 Å². The lowest BCUT2D eigenvalue weighted by Gasteiger charge is -2.46. The first-order valence-electron chi connectivity index (χ1n) is 14.9. The number of likely N-dealkylation sites (tertiary alicyclic amines) is 2. The number of benzene rings is 1. The number of imidazole rings is 1. The summed E-state index contributed by atoms with van der Waals surface area (Å²) in [5, 5.41) is 0. The Labute approximate surface area is 248 Å². The fourth-order valence-corrected chi connectivity index (χ4v) is 6.62. The van der Waals surface area contributed by atoms with Crippen molar-refractivity contribution < 1.29 is 28.2 Å². The SMILES string of the molecule is Cn1c(C2CCN(C(=O)OC(C)(C)C)C(C)(C)C2)nc2c1C1(CCN(C(=O)OC(C)(C)C)CC1)Oc1ccc(F)cc1-2. The Kier molecular flexibility index (Phi) is 7.30. The lowest BCUT2D eigenvalue weighted by molar-refractivity contribution is -0.0252. The smallest absolute Gasteiger partial charge is 0.410 e. The predicted octanol–water partition coefficient (Wildman–Crippen LogP) is 6.74. The zero-order valence-electron chi connectivity index (χ0n) is 26.5. The van der Waals surface area contributed by atoms with E-state index in [9.17, 15) is 14.0 Å². The fourth-order valence-electron chi connectivity index (χ4n) is 6.62. The van der Waals surface area contributed by atoms with Crippen LogP contribution in [-0.4, -0.2) is 67.9 Å². The van der Waals surface area contributed by atoms with Gasteiger partial charge in [-0.25, -0.2) is 19.0 Å². The monoisotopic (exact) mass is 584 g/mol. The van der Waals surface area contributed by atoms with Crippen LogP contribution in [0.1, 0.15) is 98.5 Å². The molecular weight excluding hydrogens is 539 g/mol. The second-order valence-electron chi connectivity index (χ2n) is 14.6. The number of nitrogens with zero attached hydrogens (tertiary/aromatic N) is 4. The van der Waals surface area contributed by atoms with Crippen molar-refractivity contribution in [1.29, 1.82) is 0 Å². The van der Waals surface area contributed by atoms with Crippen LogP contribution in [0.25, 0.3) is 11.3 Å². The number of ether oxygens (including phenoxy) is 3. The van der Waals surface area contributed by atoms with Crippen LogP contribution >= 0.6 is 0 Å². The molecule has 2 saturated heterocycles. The number of fused-ring (bicyclic) bond motifs is 4. The third kappa shape index (κ3) is 5.69. The van der Waals surface area contributed by atoms with E-state index in [-0.39, 0.29) is 23.9 Å². The van der Waals surface area contributed by atoms with E-state index < -0.39 is 22.3 Å². The maximum atomic E-state index is 14.5. The first-order valence-corrected chi connectivity index (χ1v) is 14.9. The summed E-state index contributed by atoms with van der Waals surface area (Å²) in [5.41, 5.74) is -0.0394. The van der Waals surface area contributed by atoms with E-state index in [0.29, 0.717) is 50.2 Å². The largest absolute Gasteiger partial charge is 0.480 e. The number of carbonyl (C=O) groups excluding carboxylic acids is 2. The first-order chi connectivity index (χ1) is 19.4. The Bertz CT molecular complexity index is 1380. The summed E-state index contributed by atoms with van der Waals surface area (Å²) in [6.45, 7) is 16.8. The minimum Gasteiger partial charge on any atom is -0.480 e. The third-order valence-corrected chi connectivity index (χ3v) is 8.44. The summed E-state index contributed by atoms with van der Waals surface area (Å²) in [6, 6.07) is 4.57. The van der Waals surface area contributed by atoms with E-state index in [4.69, 9.17) is 19.2 Å². The van der Waals surface area contributed by atoms with Gasteiger partial charge in [0.15, 0.2) is 5.60 Å². The van der Waals surface area contributed by atoms with Crippen LogP contribution < -0.4 is 4.74 Å². The van der Waals surface area contributed by atoms with Gasteiger partial charge in [0.1, 0.15) is 28.6 Å². The molecule has 1 spiro atoms. The topological polar surface area (TPSA) is 86.1 Å². The average molecular weight is 585 g/mol. The van der Waals surface area contributed by atoms with Crippen LogP contribution in [0.3, 0.4) is 0 Å². The van der Waals surface area contributed by atoms with Crippen molar-refractivity contribution >= 4 is 12.2 Å². The van der Waals surface area contributed by atoms with Crippen molar-refractivity contribution in [3.63, 3.8) is 0 Å². The standard InChI is InChI=1S/C32H45FN4O5/c1-29(2,3)41-27(38)36-16-13-32(14-17-36)25-24(22-18-21(33)10-11-23(22)40-32)34-26(35(25)9)20-12-15-37(31(7,8)19-20)28(39)42-30(4,5)6/h10-11,18,20H,12-17,19H2,1-9H3. The highest BCUT2D eigenvalue weighted by Crippen LogP contribution is 2.51. The number of aromatic nitrogens is 2. The second kappa shape index (κ2) is 10.2. The molecule has 0 saturated carbocycles. The molecule has 3 aliphatic heterocycles. The van der Waals surface area contributed by atoms with Crippen LogP contribution in [0.2, 0.25) is 0 Å². The molecule has 1 aromatic carbocycles. The van der Waals surface area contributed by atoms with Gasteiger partial charge in [-0.15, -0.1) is 0 Å². The van der Waals surface area contributed by atoms with Crippen molar-refractivity contribution in [3.05, 3.63) is 35.5 Å². The molecule has 9 nitrogen and oxygen atoms in total. The van der Waals surface area contributed by atoms with Gasteiger partial charge in [0.05, 0.1) is 11.4 Å². The van der Waals surface area contributed by atoms with Crippen molar-refractivity contribution in [2.45, 2.75) is 109 Å². The lowest BCUT2D eigenvalue weighted by atomic mass is 9.82. The van der Waals surface area contributed by atoms with Crippen molar-refractivity contribution in [2.75, 3.05) is 19.6 Å². The molecule has 3 aliphatic rings. The molecule has 2 amide bonds. The number of hydrogen-bond acceptors (Lipinski definition) is 6. The highest BCUT2D eigenvalue weighted by molar-refractivity contribution is 5.74. The summed E-state index contributed by atoms with van der Waals surface area (Å²) in [7, 11) is 2.00. The van der Waals surface area contributed by atoms with Crippen LogP contribution in [0.5, 0.6) is 5.75 Å². The molecule has 1 atom stereocenters. The molecule has 0 radical (unpaired) electrons. The van der Waals surface area contributed by atoms with Gasteiger partial charge in [0, 0.05) is 56.5 Å². The van der Waals surface area contributed by atoms with Crippen LogP contribution in [0, 0.1) is 5.82 Å². The van der Waals surface area contributed by atoms with Gasteiger partial charge in [-0.05, 0) is 86.4 Å². The van der Waals surface area contributed by atoms with Gasteiger partial charge in [0.2, 0.25) is 0 Å². The Morgan fingerprint density at radius 1 is 1.00 bits per heavy atom. The maximum absolute atomic E-state index is 14.5. The van der Waals surface area contributed by atoms with Gasteiger partial charge in [-0.3, -0.25) is 0 Å². The second-order valence-corrected chi connectivity index (χ2v) is 14.6. The molecule has 2 aromatic rings. The zero-order chi connectivity index (χ0) is 30.8. The molecule has 230 valence electrons. The third-order valence-electron chi connectivity index (χ3n) is 8.44. The minimum absolute atomic E-state index is 0.0743. The molecule has 0 bridgehead atoms. The quantitative estimate of drug-likeness (QED) is 0.369. The normalized spacial score (nSPS) is 21.3. The number of hydrogen-bond donors (Lipinski definition) is 0. The zero-order valence-corrected chi connectivity index (χ0v) is 26.5. The van der Waals surface area contributed by atoms with Gasteiger partial charge in [-0.1, -0.05) is 0 Å². The molecule has 5 rings (SSSR count). The maximum Gasteiger partial charge on any atom is 0.410 e. The summed E-state index contributed by atoms with van der Waals surface area (Å²) in [4.78, 5) is 34.6. The minimum atomic E-state index is -0.717. The molecule has 0 aliphatic carbocycles. The number of amides is 2. The van der Waals surface area contributed by atoms with Gasteiger partial charge >= 0.3 is 12.2 Å². The highest BCUT2D eigenvalue weighted by atomic mass is 19.1. The Hall–Kier alpha value is -3.30. The first kappa shape index (κ1) is 30.2. The Balaban J connectivity index is 1.47. The number of rotatable bonds is 1.